The second-order valence-electron chi connectivity index (χ2n) is 11.4. The van der Waals surface area contributed by atoms with E-state index in [4.69, 9.17) is 23.4 Å². The number of aliphatic hydroxyl groups excluding tert-OH is 5. The van der Waals surface area contributed by atoms with Crippen LogP contribution in [0.3, 0.4) is 0 Å². The van der Waals surface area contributed by atoms with Gasteiger partial charge in [-0.15, -0.1) is 0 Å². The minimum Gasteiger partial charge on any atom is -0.508 e. The average Bonchev–Trinajstić information content (AvgIpc) is 2.99. The first-order valence-corrected chi connectivity index (χ1v) is 14.2. The van der Waals surface area contributed by atoms with Crippen molar-refractivity contribution in [2.24, 2.45) is 0 Å². The van der Waals surface area contributed by atoms with Gasteiger partial charge in [0, 0.05) is 17.2 Å². The smallest absolute Gasteiger partial charge is 0.239 e. The Morgan fingerprint density at radius 1 is 0.933 bits per heavy atom. The summed E-state index contributed by atoms with van der Waals surface area (Å²) in [4.78, 5) is 14.1. The molecule has 3 aromatic rings. The van der Waals surface area contributed by atoms with Crippen molar-refractivity contribution in [3.8, 4) is 34.3 Å². The maximum Gasteiger partial charge on any atom is 0.239 e. The van der Waals surface area contributed by atoms with Crippen molar-refractivity contribution in [1.29, 1.82) is 0 Å². The fraction of sp³-hybridized carbons (Fsp3) is 0.452. The van der Waals surface area contributed by atoms with Gasteiger partial charge in [-0.1, -0.05) is 11.6 Å². The summed E-state index contributed by atoms with van der Waals surface area (Å²) >= 11 is 0. The molecule has 0 spiro atoms. The molecule has 0 amide bonds. The van der Waals surface area contributed by atoms with Crippen LogP contribution < -0.4 is 10.2 Å². The van der Waals surface area contributed by atoms with Crippen LogP contribution in [0.1, 0.15) is 26.3 Å². The van der Waals surface area contributed by atoms with Gasteiger partial charge in [0.05, 0.1) is 12.7 Å². The molecule has 14 nitrogen and oxygen atoms in total. The van der Waals surface area contributed by atoms with Crippen LogP contribution in [-0.4, -0.2) is 103 Å². The summed E-state index contributed by atoms with van der Waals surface area (Å²) < 4.78 is 29.0. The second-order valence-corrected chi connectivity index (χ2v) is 11.4. The predicted octanol–water partition coefficient (Wildman–Crippen LogP) is 0.755. The molecule has 14 heteroatoms. The van der Waals surface area contributed by atoms with Gasteiger partial charge >= 0.3 is 0 Å². The van der Waals surface area contributed by atoms with Crippen LogP contribution >= 0.6 is 0 Å². The van der Waals surface area contributed by atoms with Crippen molar-refractivity contribution in [2.75, 3.05) is 6.61 Å². The largest absolute Gasteiger partial charge is 0.508 e. The lowest BCUT2D eigenvalue weighted by Crippen LogP contribution is -2.62. The summed E-state index contributed by atoms with van der Waals surface area (Å²) in [5.74, 6) is -1.72. The maximum atomic E-state index is 14.1. The zero-order valence-electron chi connectivity index (χ0n) is 24.6. The molecule has 244 valence electrons. The highest BCUT2D eigenvalue weighted by Gasteiger charge is 2.48. The lowest BCUT2D eigenvalue weighted by Gasteiger charge is -2.43. The van der Waals surface area contributed by atoms with E-state index in [0.717, 1.165) is 11.6 Å². The van der Waals surface area contributed by atoms with E-state index in [1.807, 2.05) is 13.8 Å². The minimum atomic E-state index is -1.77. The number of aliphatic hydroxyl groups is 5. The number of phenolic OH excluding ortho intramolecular Hbond substituents is 3. The third-order valence-corrected chi connectivity index (χ3v) is 7.79. The number of hydrogen-bond donors (Lipinski definition) is 8. The molecule has 2 fully saturated rings. The quantitative estimate of drug-likeness (QED) is 0.168. The molecule has 2 saturated heterocycles. The van der Waals surface area contributed by atoms with E-state index in [0.29, 0.717) is 0 Å². The summed E-state index contributed by atoms with van der Waals surface area (Å²) in [7, 11) is 0. The zero-order valence-corrected chi connectivity index (χ0v) is 24.6. The Hall–Kier alpha value is -3.73. The van der Waals surface area contributed by atoms with E-state index in [-0.39, 0.29) is 45.8 Å². The summed E-state index contributed by atoms with van der Waals surface area (Å²) in [6.45, 7) is 4.65. The number of phenols is 3. The molecular weight excluding hydrogens is 596 g/mol. The predicted molar refractivity (Wildman–Crippen MR) is 156 cm³/mol. The molecule has 45 heavy (non-hydrogen) atoms. The van der Waals surface area contributed by atoms with Gasteiger partial charge in [0.1, 0.15) is 58.7 Å². The summed E-state index contributed by atoms with van der Waals surface area (Å²) in [5, 5.41) is 83.0. The van der Waals surface area contributed by atoms with Gasteiger partial charge in [-0.05, 0) is 51.5 Å². The summed E-state index contributed by atoms with van der Waals surface area (Å²) in [5.41, 5.74) is 0.350. The van der Waals surface area contributed by atoms with Crippen LogP contribution in [0, 0.1) is 0 Å². The molecule has 0 unspecified atom stereocenters. The fourth-order valence-electron chi connectivity index (χ4n) is 5.19. The van der Waals surface area contributed by atoms with Crippen molar-refractivity contribution in [3.05, 3.63) is 57.8 Å². The van der Waals surface area contributed by atoms with Crippen LogP contribution in [0.5, 0.6) is 23.0 Å². The van der Waals surface area contributed by atoms with E-state index in [1.54, 1.807) is 6.08 Å². The van der Waals surface area contributed by atoms with Gasteiger partial charge in [-0.2, -0.15) is 0 Å². The van der Waals surface area contributed by atoms with Crippen LogP contribution in [-0.2, 0) is 20.6 Å². The molecule has 1 aromatic heterocycles. The van der Waals surface area contributed by atoms with Gasteiger partial charge < -0.3 is 64.2 Å². The molecule has 3 heterocycles. The average molecular weight is 633 g/mol. The highest BCUT2D eigenvalue weighted by molar-refractivity contribution is 5.91. The summed E-state index contributed by atoms with van der Waals surface area (Å²) in [6, 6.07) is 6.53. The normalized spacial score (nSPS) is 30.3. The third kappa shape index (κ3) is 6.36. The van der Waals surface area contributed by atoms with Gasteiger partial charge in [-0.3, -0.25) is 4.79 Å². The van der Waals surface area contributed by atoms with Gasteiger partial charge in [-0.25, -0.2) is 0 Å². The topological polar surface area (TPSA) is 229 Å². The number of aromatic hydroxyl groups is 3. The summed E-state index contributed by atoms with van der Waals surface area (Å²) in [6.07, 6.45) is -12.0. The number of ether oxygens (including phenoxy) is 4. The molecule has 5 rings (SSSR count). The Bertz CT molecular complexity index is 1610. The van der Waals surface area contributed by atoms with Gasteiger partial charge in [0.15, 0.2) is 18.2 Å². The Kier molecular flexibility index (Phi) is 9.39. The van der Waals surface area contributed by atoms with Crippen molar-refractivity contribution in [3.63, 3.8) is 0 Å². The van der Waals surface area contributed by atoms with Crippen LogP contribution in [0.2, 0.25) is 0 Å². The van der Waals surface area contributed by atoms with E-state index in [2.05, 4.69) is 0 Å². The van der Waals surface area contributed by atoms with Crippen LogP contribution in [0.4, 0.5) is 0 Å². The lowest BCUT2D eigenvalue weighted by molar-refractivity contribution is -0.344. The highest BCUT2D eigenvalue weighted by Crippen LogP contribution is 2.40. The highest BCUT2D eigenvalue weighted by atomic mass is 16.8. The Morgan fingerprint density at radius 3 is 2.29 bits per heavy atom. The SMILES string of the molecule is CC(C)=CCc1c(O)cc(O)c2c(=O)c(O[C@@H]3OC[C@@H](O)[C@H](O)[C@H]3O[C@@H]3O[C@@H](C)[C@H](O)[C@@H](O)[C@H]3O)c(-c3ccc(O)cc3)oc12. The molecule has 0 bridgehead atoms. The molecule has 2 aliphatic rings. The van der Waals surface area contributed by atoms with Gasteiger partial charge in [0.2, 0.25) is 17.5 Å². The minimum absolute atomic E-state index is 0.0855. The molecule has 0 saturated carbocycles. The van der Waals surface area contributed by atoms with Gasteiger partial charge in [0.25, 0.3) is 0 Å². The Labute approximate surface area is 256 Å². The van der Waals surface area contributed by atoms with E-state index < -0.39 is 78.8 Å². The Morgan fingerprint density at radius 2 is 1.62 bits per heavy atom. The molecule has 0 radical (unpaired) electrons. The molecule has 8 N–H and O–H groups in total. The van der Waals surface area contributed by atoms with E-state index in [1.165, 1.54) is 31.2 Å². The van der Waals surface area contributed by atoms with E-state index >= 15 is 0 Å². The molecule has 0 aliphatic carbocycles. The molecular formula is C31H36O14. The first kappa shape index (κ1) is 32.7. The number of rotatable bonds is 7. The third-order valence-electron chi connectivity index (χ3n) is 7.79. The Balaban J connectivity index is 1.63. The maximum absolute atomic E-state index is 14.1. The number of benzene rings is 2. The van der Waals surface area contributed by atoms with Crippen molar-refractivity contribution in [1.82, 2.24) is 0 Å². The molecule has 2 aromatic carbocycles. The first-order valence-electron chi connectivity index (χ1n) is 14.2. The fourth-order valence-corrected chi connectivity index (χ4v) is 5.19. The molecule has 9 atom stereocenters. The van der Waals surface area contributed by atoms with Crippen LogP contribution in [0.15, 0.2) is 51.2 Å². The van der Waals surface area contributed by atoms with Crippen LogP contribution in [0.25, 0.3) is 22.3 Å². The number of allylic oxidation sites excluding steroid dienone is 2. The van der Waals surface area contributed by atoms with Crippen molar-refractivity contribution < 1.29 is 64.2 Å². The number of hydrogen-bond acceptors (Lipinski definition) is 14. The van der Waals surface area contributed by atoms with E-state index in [9.17, 15) is 45.6 Å². The zero-order chi connectivity index (χ0) is 32.7. The first-order chi connectivity index (χ1) is 21.3. The number of fused-ring (bicyclic) bond motifs is 1. The standard InChI is InChI=1S/C31H36O14/c1-12(2)4-9-16-17(33)10-18(34)20-23(38)28(26(43-27(16)20)14-5-7-15(32)8-6-14)44-31-29(22(37)19(35)11-41-31)45-30-25(40)24(39)21(36)13(3)42-30/h4-8,10,13,19,21-22,24-25,29-37,39-40H,9,11H2,1-3H3/t13-,19+,21-,22-,24+,25+,29+,30-,31-/m0/s1. The molecule has 2 aliphatic heterocycles. The monoisotopic (exact) mass is 632 g/mol. The lowest BCUT2D eigenvalue weighted by atomic mass is 9.99. The van der Waals surface area contributed by atoms with Crippen molar-refractivity contribution in [2.45, 2.75) is 82.5 Å². The van der Waals surface area contributed by atoms with Crippen molar-refractivity contribution >= 4 is 11.0 Å². The second kappa shape index (κ2) is 12.9.